The molecule has 0 aliphatic rings. The van der Waals surface area contributed by atoms with Crippen molar-refractivity contribution in [1.29, 1.82) is 0 Å². The fourth-order valence-corrected chi connectivity index (χ4v) is 3.15. The molecule has 3 rings (SSSR count). The number of fused-ring (bicyclic) bond motifs is 1. The highest BCUT2D eigenvalue weighted by Crippen LogP contribution is 2.19. The first-order valence-electron chi connectivity index (χ1n) is 8.40. The van der Waals surface area contributed by atoms with Crippen LogP contribution in [-0.2, 0) is 17.8 Å². The third-order valence-electron chi connectivity index (χ3n) is 4.45. The highest BCUT2D eigenvalue weighted by molar-refractivity contribution is 6.31. The summed E-state index contributed by atoms with van der Waals surface area (Å²) in [5.74, 6) is 0.613. The molecule has 136 valence electrons. The van der Waals surface area contributed by atoms with Crippen LogP contribution in [0.4, 0.5) is 5.95 Å². The maximum absolute atomic E-state index is 12.9. The number of aryl methyl sites for hydroxylation is 2. The minimum Gasteiger partial charge on any atom is -0.366 e. The summed E-state index contributed by atoms with van der Waals surface area (Å²) in [6.07, 6.45) is 0.235. The van der Waals surface area contributed by atoms with Gasteiger partial charge in [-0.3, -0.25) is 4.79 Å². The molecule has 0 aliphatic carbocycles. The predicted molar refractivity (Wildman–Crippen MR) is 101 cm³/mol. The molecule has 0 saturated heterocycles. The van der Waals surface area contributed by atoms with Crippen LogP contribution in [0.2, 0.25) is 5.02 Å². The van der Waals surface area contributed by atoms with E-state index in [1.807, 2.05) is 45.0 Å². The molecule has 2 N–H and O–H groups in total. The van der Waals surface area contributed by atoms with Gasteiger partial charge in [0.1, 0.15) is 0 Å². The zero-order valence-corrected chi connectivity index (χ0v) is 15.8. The fraction of sp³-hybridized carbons (Fsp3) is 0.333. The highest BCUT2D eigenvalue weighted by Gasteiger charge is 2.19. The normalized spacial score (nSPS) is 11.1. The lowest BCUT2D eigenvalue weighted by atomic mass is 10.1. The summed E-state index contributed by atoms with van der Waals surface area (Å²) in [4.78, 5) is 23.2. The van der Waals surface area contributed by atoms with Crippen LogP contribution in [-0.4, -0.2) is 36.9 Å². The Morgan fingerprint density at radius 3 is 2.69 bits per heavy atom. The number of benzene rings is 1. The minimum atomic E-state index is 0.00727. The van der Waals surface area contributed by atoms with Crippen LogP contribution in [0.25, 0.3) is 5.78 Å². The summed E-state index contributed by atoms with van der Waals surface area (Å²) >= 11 is 6.23. The van der Waals surface area contributed by atoms with Gasteiger partial charge < -0.3 is 10.6 Å². The number of nitrogen functional groups attached to an aromatic ring is 1. The number of hydrogen-bond acceptors (Lipinski definition) is 5. The first kappa shape index (κ1) is 18.1. The number of nitrogens with two attached hydrogens (primary N) is 1. The van der Waals surface area contributed by atoms with Crippen molar-refractivity contribution in [2.24, 2.45) is 0 Å². The second-order valence-corrected chi connectivity index (χ2v) is 6.53. The molecule has 3 aromatic rings. The monoisotopic (exact) mass is 372 g/mol. The highest BCUT2D eigenvalue weighted by atomic mass is 35.5. The minimum absolute atomic E-state index is 0.00727. The molecule has 1 aromatic carbocycles. The Bertz CT molecular complexity index is 968. The second kappa shape index (κ2) is 7.29. The molecule has 2 aromatic heterocycles. The van der Waals surface area contributed by atoms with E-state index in [9.17, 15) is 4.79 Å². The molecule has 2 heterocycles. The Hall–Kier alpha value is -2.67. The average Bonchev–Trinajstić information content (AvgIpc) is 2.98. The smallest absolute Gasteiger partial charge is 0.254 e. The van der Waals surface area contributed by atoms with Gasteiger partial charge in [0.2, 0.25) is 11.9 Å². The van der Waals surface area contributed by atoms with Crippen molar-refractivity contribution in [2.75, 3.05) is 12.3 Å². The zero-order chi connectivity index (χ0) is 18.8. The molecule has 0 unspecified atom stereocenters. The summed E-state index contributed by atoms with van der Waals surface area (Å²) in [5, 5.41) is 4.80. The number of rotatable bonds is 5. The molecular formula is C18H21ClN6O. The molecule has 7 nitrogen and oxygen atoms in total. The number of halogens is 1. The number of hydrogen-bond donors (Lipinski definition) is 1. The quantitative estimate of drug-likeness (QED) is 0.743. The van der Waals surface area contributed by atoms with E-state index in [1.54, 1.807) is 9.42 Å². The lowest BCUT2D eigenvalue weighted by Gasteiger charge is -2.22. The van der Waals surface area contributed by atoms with E-state index in [0.29, 0.717) is 23.9 Å². The molecule has 0 fully saturated rings. The second-order valence-electron chi connectivity index (χ2n) is 6.12. The van der Waals surface area contributed by atoms with Crippen LogP contribution in [0.15, 0.2) is 24.3 Å². The number of anilines is 1. The Morgan fingerprint density at radius 1 is 1.27 bits per heavy atom. The van der Waals surface area contributed by atoms with Crippen molar-refractivity contribution in [1.82, 2.24) is 24.5 Å². The van der Waals surface area contributed by atoms with Gasteiger partial charge in [-0.1, -0.05) is 29.8 Å². The van der Waals surface area contributed by atoms with Gasteiger partial charge in [-0.15, -0.1) is 5.10 Å². The molecule has 0 aliphatic heterocycles. The van der Waals surface area contributed by atoms with Crippen molar-refractivity contribution in [3.8, 4) is 0 Å². The van der Waals surface area contributed by atoms with Gasteiger partial charge in [-0.05, 0) is 32.4 Å². The summed E-state index contributed by atoms with van der Waals surface area (Å²) in [6, 6.07) is 7.55. The Balaban J connectivity index is 1.86. The number of likely N-dealkylation sites (N-methyl/N-ethyl adjacent to an activating group) is 1. The SMILES string of the molecule is CCN(Cc1ccccc1Cl)C(=O)Cc1c(C)nc2nc(N)nn2c1C. The summed E-state index contributed by atoms with van der Waals surface area (Å²) in [6.45, 7) is 6.77. The first-order chi connectivity index (χ1) is 12.4. The van der Waals surface area contributed by atoms with Gasteiger partial charge in [0.05, 0.1) is 6.42 Å². The first-order valence-corrected chi connectivity index (χ1v) is 8.78. The van der Waals surface area contributed by atoms with Crippen LogP contribution in [0.1, 0.15) is 29.4 Å². The Labute approximate surface area is 156 Å². The largest absolute Gasteiger partial charge is 0.366 e. The van der Waals surface area contributed by atoms with Crippen LogP contribution < -0.4 is 5.73 Å². The topological polar surface area (TPSA) is 89.4 Å². The van der Waals surface area contributed by atoms with E-state index in [2.05, 4.69) is 15.1 Å². The van der Waals surface area contributed by atoms with Gasteiger partial charge in [0.15, 0.2) is 0 Å². The molecule has 26 heavy (non-hydrogen) atoms. The summed E-state index contributed by atoms with van der Waals surface area (Å²) < 4.78 is 1.58. The number of amides is 1. The molecule has 0 bridgehead atoms. The van der Waals surface area contributed by atoms with Crippen molar-refractivity contribution >= 4 is 29.2 Å². The van der Waals surface area contributed by atoms with Crippen LogP contribution in [0.3, 0.4) is 0 Å². The Kier molecular flexibility index (Phi) is 5.08. The van der Waals surface area contributed by atoms with E-state index in [-0.39, 0.29) is 18.3 Å². The number of aromatic nitrogens is 4. The van der Waals surface area contributed by atoms with Crippen molar-refractivity contribution in [3.05, 3.63) is 51.8 Å². The molecule has 1 amide bonds. The van der Waals surface area contributed by atoms with E-state index in [1.165, 1.54) is 0 Å². The van der Waals surface area contributed by atoms with E-state index in [0.717, 1.165) is 22.5 Å². The van der Waals surface area contributed by atoms with Gasteiger partial charge in [-0.25, -0.2) is 4.98 Å². The van der Waals surface area contributed by atoms with E-state index >= 15 is 0 Å². The Morgan fingerprint density at radius 2 is 2.00 bits per heavy atom. The maximum atomic E-state index is 12.9. The third-order valence-corrected chi connectivity index (χ3v) is 4.82. The number of carbonyl (C=O) groups is 1. The van der Waals surface area contributed by atoms with E-state index < -0.39 is 0 Å². The molecule has 0 saturated carbocycles. The van der Waals surface area contributed by atoms with Crippen molar-refractivity contribution < 1.29 is 4.79 Å². The standard InChI is InChI=1S/C18H21ClN6O/c1-4-24(10-13-7-5-6-8-15(13)19)16(26)9-14-11(2)21-18-22-17(20)23-25(18)12(14)3/h5-8H,4,9-10H2,1-3H3,(H2,20,23). The van der Waals surface area contributed by atoms with Gasteiger partial charge in [-0.2, -0.15) is 9.50 Å². The fourth-order valence-electron chi connectivity index (χ4n) is 2.95. The average molecular weight is 373 g/mol. The molecule has 0 radical (unpaired) electrons. The number of nitrogens with zero attached hydrogens (tertiary/aromatic N) is 5. The summed E-state index contributed by atoms with van der Waals surface area (Å²) in [7, 11) is 0. The van der Waals surface area contributed by atoms with Crippen LogP contribution in [0, 0.1) is 13.8 Å². The zero-order valence-electron chi connectivity index (χ0n) is 15.0. The molecule has 0 atom stereocenters. The van der Waals surface area contributed by atoms with Crippen LogP contribution in [0.5, 0.6) is 0 Å². The molecular weight excluding hydrogens is 352 g/mol. The third kappa shape index (κ3) is 3.48. The van der Waals surface area contributed by atoms with Crippen LogP contribution >= 0.6 is 11.6 Å². The summed E-state index contributed by atoms with van der Waals surface area (Å²) in [5.41, 5.74) is 9.00. The number of carbonyl (C=O) groups excluding carboxylic acids is 1. The predicted octanol–water partition coefficient (Wildman–Crippen LogP) is 2.57. The molecule has 8 heteroatoms. The lowest BCUT2D eigenvalue weighted by molar-refractivity contribution is -0.130. The molecule has 0 spiro atoms. The maximum Gasteiger partial charge on any atom is 0.254 e. The van der Waals surface area contributed by atoms with Gasteiger partial charge in [0, 0.05) is 35.1 Å². The van der Waals surface area contributed by atoms with Crippen molar-refractivity contribution in [3.63, 3.8) is 0 Å². The lowest BCUT2D eigenvalue weighted by Crippen LogP contribution is -2.32. The van der Waals surface area contributed by atoms with Gasteiger partial charge in [0.25, 0.3) is 5.78 Å². The van der Waals surface area contributed by atoms with E-state index in [4.69, 9.17) is 17.3 Å². The van der Waals surface area contributed by atoms with Crippen molar-refractivity contribution in [2.45, 2.75) is 33.7 Å². The van der Waals surface area contributed by atoms with Gasteiger partial charge >= 0.3 is 0 Å².